The average molecular weight is 616 g/mol. The Hall–Kier alpha value is -5.29. The van der Waals surface area contributed by atoms with Gasteiger partial charge in [0, 0.05) is 66.5 Å². The zero-order valence-electron chi connectivity index (χ0n) is 25.5. The minimum Gasteiger partial charge on any atom is -0.366 e. The molecule has 1 unspecified atom stereocenters. The van der Waals surface area contributed by atoms with Gasteiger partial charge in [-0.1, -0.05) is 30.3 Å². The number of likely N-dealkylation sites (tertiary alicyclic amines) is 1. The third-order valence-corrected chi connectivity index (χ3v) is 8.92. The SMILES string of the molecule is NC1CCC(Nc2cc(Nc3ccc(C(=O)N4CCC(c5ccccc5)C4)cc3)c3ncc(C(=O)Nc4ccncc4)n3n2)CC1. The highest BCUT2D eigenvalue weighted by Crippen LogP contribution is 2.30. The number of fused-ring (bicyclic) bond motifs is 1. The Morgan fingerprint density at radius 1 is 0.870 bits per heavy atom. The number of hydrogen-bond donors (Lipinski definition) is 4. The molecule has 1 aliphatic carbocycles. The van der Waals surface area contributed by atoms with Crippen molar-refractivity contribution in [3.8, 4) is 0 Å². The lowest BCUT2D eigenvalue weighted by atomic mass is 9.92. The summed E-state index contributed by atoms with van der Waals surface area (Å²) in [6, 6.07) is 23.7. The summed E-state index contributed by atoms with van der Waals surface area (Å²) in [7, 11) is 0. The first-order valence-corrected chi connectivity index (χ1v) is 15.8. The minimum atomic E-state index is -0.336. The van der Waals surface area contributed by atoms with Gasteiger partial charge in [0.2, 0.25) is 0 Å². The van der Waals surface area contributed by atoms with E-state index in [1.807, 2.05) is 41.3 Å². The molecule has 1 atom stereocenters. The molecule has 5 N–H and O–H groups in total. The molecule has 4 heterocycles. The van der Waals surface area contributed by atoms with Gasteiger partial charge in [-0.05, 0) is 74.1 Å². The molecule has 2 aliphatic rings. The van der Waals surface area contributed by atoms with Crippen LogP contribution in [0.4, 0.5) is 22.9 Å². The fourth-order valence-corrected chi connectivity index (χ4v) is 6.37. The van der Waals surface area contributed by atoms with E-state index in [0.717, 1.165) is 50.9 Å². The summed E-state index contributed by atoms with van der Waals surface area (Å²) >= 11 is 0. The summed E-state index contributed by atoms with van der Waals surface area (Å²) in [4.78, 5) is 37.1. The highest BCUT2D eigenvalue weighted by molar-refractivity contribution is 6.03. The van der Waals surface area contributed by atoms with Crippen LogP contribution in [0.15, 0.2) is 91.4 Å². The number of hydrogen-bond acceptors (Lipinski definition) is 8. The van der Waals surface area contributed by atoms with Crippen molar-refractivity contribution in [3.05, 3.63) is 108 Å². The first kappa shape index (κ1) is 29.4. The summed E-state index contributed by atoms with van der Waals surface area (Å²) in [5.74, 6) is 0.685. The molecule has 234 valence electrons. The Bertz CT molecular complexity index is 1820. The predicted octanol–water partition coefficient (Wildman–Crippen LogP) is 5.43. The lowest BCUT2D eigenvalue weighted by Gasteiger charge is -2.27. The number of benzene rings is 2. The van der Waals surface area contributed by atoms with Gasteiger partial charge in [-0.25, -0.2) is 9.50 Å². The quantitative estimate of drug-likeness (QED) is 0.181. The number of nitrogens with two attached hydrogens (primary N) is 1. The van der Waals surface area contributed by atoms with Crippen molar-refractivity contribution < 1.29 is 9.59 Å². The number of imidazole rings is 1. The Morgan fingerprint density at radius 3 is 2.39 bits per heavy atom. The second kappa shape index (κ2) is 13.0. The number of aromatic nitrogens is 4. The molecule has 1 aliphatic heterocycles. The molecule has 1 saturated carbocycles. The lowest BCUT2D eigenvalue weighted by molar-refractivity contribution is 0.0790. The van der Waals surface area contributed by atoms with Gasteiger partial charge in [-0.15, -0.1) is 5.10 Å². The van der Waals surface area contributed by atoms with E-state index >= 15 is 0 Å². The fourth-order valence-electron chi connectivity index (χ4n) is 6.37. The number of amides is 2. The van der Waals surface area contributed by atoms with Gasteiger partial charge in [0.1, 0.15) is 5.82 Å². The van der Waals surface area contributed by atoms with Crippen LogP contribution >= 0.6 is 0 Å². The third kappa shape index (κ3) is 6.40. The molecule has 0 spiro atoms. The topological polar surface area (TPSA) is 143 Å². The molecule has 1 saturated heterocycles. The molecule has 3 aromatic heterocycles. The summed E-state index contributed by atoms with van der Waals surface area (Å²) in [5.41, 5.74) is 10.9. The maximum absolute atomic E-state index is 13.3. The molecule has 0 radical (unpaired) electrons. The zero-order valence-corrected chi connectivity index (χ0v) is 25.5. The first-order chi connectivity index (χ1) is 22.5. The van der Waals surface area contributed by atoms with E-state index in [1.165, 1.54) is 11.8 Å². The van der Waals surface area contributed by atoms with Crippen LogP contribution in [0.2, 0.25) is 0 Å². The van der Waals surface area contributed by atoms with Gasteiger partial charge in [-0.2, -0.15) is 0 Å². The van der Waals surface area contributed by atoms with Gasteiger partial charge in [-0.3, -0.25) is 14.6 Å². The van der Waals surface area contributed by atoms with Crippen LogP contribution in [0, 0.1) is 0 Å². The predicted molar refractivity (Wildman–Crippen MR) is 178 cm³/mol. The third-order valence-electron chi connectivity index (χ3n) is 8.92. The molecule has 11 nitrogen and oxygen atoms in total. The molecule has 2 fully saturated rings. The number of nitrogens with zero attached hydrogens (tertiary/aromatic N) is 5. The van der Waals surface area contributed by atoms with Crippen LogP contribution in [0.5, 0.6) is 0 Å². The molecule has 46 heavy (non-hydrogen) atoms. The van der Waals surface area contributed by atoms with Gasteiger partial charge in [0.15, 0.2) is 11.3 Å². The highest BCUT2D eigenvalue weighted by atomic mass is 16.2. The summed E-state index contributed by atoms with van der Waals surface area (Å²) in [6.45, 7) is 1.46. The number of nitrogens with one attached hydrogen (secondary N) is 3. The second-order valence-corrected chi connectivity index (χ2v) is 12.1. The number of carbonyl (C=O) groups excluding carboxylic acids is 2. The van der Waals surface area contributed by atoms with E-state index in [4.69, 9.17) is 10.8 Å². The van der Waals surface area contributed by atoms with E-state index in [9.17, 15) is 9.59 Å². The van der Waals surface area contributed by atoms with E-state index in [2.05, 4.69) is 50.2 Å². The van der Waals surface area contributed by atoms with Crippen molar-refractivity contribution in [2.24, 2.45) is 5.73 Å². The minimum absolute atomic E-state index is 0.0353. The van der Waals surface area contributed by atoms with Crippen molar-refractivity contribution in [2.75, 3.05) is 29.0 Å². The number of carbonyl (C=O) groups is 2. The first-order valence-electron chi connectivity index (χ1n) is 15.8. The standard InChI is InChI=1S/C35H37N9O2/c36-26-8-12-28(13-9-26)40-32-20-30(33-38-21-31(44(33)42-32)34(45)41-29-14-17-37-18-15-29)39-27-10-6-24(7-11-27)35(46)43-19-16-25(22-43)23-4-2-1-3-5-23/h1-7,10-11,14-15,17-18,20-21,25-26,28,39H,8-9,12-13,16,19,22,36H2,(H,40,42)(H,37,41,45). The Morgan fingerprint density at radius 2 is 1.63 bits per heavy atom. The lowest BCUT2D eigenvalue weighted by Crippen LogP contribution is -2.33. The van der Waals surface area contributed by atoms with E-state index in [1.54, 1.807) is 29.0 Å². The Balaban J connectivity index is 1.11. The van der Waals surface area contributed by atoms with Gasteiger partial charge >= 0.3 is 0 Å². The summed E-state index contributed by atoms with van der Waals surface area (Å²) < 4.78 is 1.56. The molecule has 0 bridgehead atoms. The average Bonchev–Trinajstić information content (AvgIpc) is 3.75. The molecule has 2 amide bonds. The summed E-state index contributed by atoms with van der Waals surface area (Å²) in [5, 5.41) is 14.7. The van der Waals surface area contributed by atoms with Crippen molar-refractivity contribution in [2.45, 2.75) is 50.1 Å². The van der Waals surface area contributed by atoms with Crippen molar-refractivity contribution in [1.29, 1.82) is 0 Å². The maximum Gasteiger partial charge on any atom is 0.276 e. The molecule has 7 rings (SSSR count). The zero-order chi connectivity index (χ0) is 31.5. The van der Waals surface area contributed by atoms with Crippen molar-refractivity contribution in [1.82, 2.24) is 24.5 Å². The van der Waals surface area contributed by atoms with Crippen LogP contribution in [0.3, 0.4) is 0 Å². The highest BCUT2D eigenvalue weighted by Gasteiger charge is 2.28. The normalized spacial score (nSPS) is 19.6. The second-order valence-electron chi connectivity index (χ2n) is 12.1. The number of rotatable bonds is 8. The van der Waals surface area contributed by atoms with Gasteiger partial charge < -0.3 is 26.6 Å². The van der Waals surface area contributed by atoms with Crippen LogP contribution in [-0.2, 0) is 0 Å². The van der Waals surface area contributed by atoms with Crippen molar-refractivity contribution >= 4 is 40.3 Å². The van der Waals surface area contributed by atoms with E-state index in [0.29, 0.717) is 40.0 Å². The van der Waals surface area contributed by atoms with Crippen molar-refractivity contribution in [3.63, 3.8) is 0 Å². The Labute approximate surface area is 267 Å². The summed E-state index contributed by atoms with van der Waals surface area (Å²) in [6.07, 6.45) is 9.51. The van der Waals surface area contributed by atoms with Gasteiger partial charge in [0.05, 0.1) is 11.9 Å². The maximum atomic E-state index is 13.3. The van der Waals surface area contributed by atoms with E-state index < -0.39 is 0 Å². The molecule has 5 aromatic rings. The molecular formula is C35H37N9O2. The number of pyridine rings is 1. The monoisotopic (exact) mass is 615 g/mol. The van der Waals surface area contributed by atoms with Crippen LogP contribution in [-0.4, -0.2) is 61.5 Å². The van der Waals surface area contributed by atoms with E-state index in [-0.39, 0.29) is 23.9 Å². The smallest absolute Gasteiger partial charge is 0.276 e. The molecule has 11 heteroatoms. The molecule has 2 aromatic carbocycles. The Kier molecular flexibility index (Phi) is 8.30. The van der Waals surface area contributed by atoms with Crippen LogP contribution in [0.1, 0.15) is 64.4 Å². The number of anilines is 4. The fraction of sp³-hybridized carbons (Fsp3) is 0.286. The molecular weight excluding hydrogens is 578 g/mol. The van der Waals surface area contributed by atoms with Gasteiger partial charge in [0.25, 0.3) is 11.8 Å². The largest absolute Gasteiger partial charge is 0.366 e. The van der Waals surface area contributed by atoms with Crippen LogP contribution in [0.25, 0.3) is 5.65 Å². The van der Waals surface area contributed by atoms with Crippen LogP contribution < -0.4 is 21.7 Å².